The van der Waals surface area contributed by atoms with Gasteiger partial charge in [-0.15, -0.1) is 0 Å². The highest BCUT2D eigenvalue weighted by molar-refractivity contribution is 7.07. The minimum Gasteiger partial charge on any atom is -0.466 e. The van der Waals surface area contributed by atoms with Gasteiger partial charge in [0, 0.05) is 12.4 Å². The van der Waals surface area contributed by atoms with Crippen molar-refractivity contribution in [1.29, 1.82) is 0 Å². The van der Waals surface area contributed by atoms with Gasteiger partial charge in [-0.2, -0.15) is 0 Å². The molecule has 140 valence electrons. The standard InChI is InChI=1S/C21H17N3O3S/c1-13-17(20(26)27-2)18(15-8-4-3-5-9-15)24-19(25)16(28-21(24)23-13)11-14-7-6-10-22-12-14/h3-12,18H,1-2H3. The predicted molar refractivity (Wildman–Crippen MR) is 106 cm³/mol. The fourth-order valence-electron chi connectivity index (χ4n) is 3.26. The molecule has 4 rings (SSSR count). The van der Waals surface area contributed by atoms with Gasteiger partial charge in [0.05, 0.1) is 29.0 Å². The van der Waals surface area contributed by atoms with Gasteiger partial charge in [0.1, 0.15) is 0 Å². The van der Waals surface area contributed by atoms with E-state index in [2.05, 4.69) is 9.98 Å². The molecule has 0 saturated heterocycles. The Labute approximate surface area is 164 Å². The predicted octanol–water partition coefficient (Wildman–Crippen LogP) is 1.80. The first kappa shape index (κ1) is 18.1. The first-order chi connectivity index (χ1) is 13.6. The summed E-state index contributed by atoms with van der Waals surface area (Å²) in [5.41, 5.74) is 2.37. The van der Waals surface area contributed by atoms with Gasteiger partial charge in [0.15, 0.2) is 4.80 Å². The van der Waals surface area contributed by atoms with Gasteiger partial charge in [-0.3, -0.25) is 14.3 Å². The molecule has 0 saturated carbocycles. The van der Waals surface area contributed by atoms with E-state index in [0.717, 1.165) is 11.1 Å². The molecule has 6 nitrogen and oxygen atoms in total. The van der Waals surface area contributed by atoms with E-state index < -0.39 is 12.0 Å². The third kappa shape index (κ3) is 3.10. The first-order valence-electron chi connectivity index (χ1n) is 8.66. The lowest BCUT2D eigenvalue weighted by Crippen LogP contribution is -2.39. The number of esters is 1. The lowest BCUT2D eigenvalue weighted by atomic mass is 9.96. The molecule has 28 heavy (non-hydrogen) atoms. The van der Waals surface area contributed by atoms with Gasteiger partial charge in [-0.25, -0.2) is 9.79 Å². The highest BCUT2D eigenvalue weighted by Gasteiger charge is 2.32. The second-order valence-corrected chi connectivity index (χ2v) is 7.28. The number of rotatable bonds is 3. The quantitative estimate of drug-likeness (QED) is 0.638. The Bertz CT molecular complexity index is 1240. The summed E-state index contributed by atoms with van der Waals surface area (Å²) in [7, 11) is 1.33. The van der Waals surface area contributed by atoms with Crippen molar-refractivity contribution in [3.8, 4) is 0 Å². The Morgan fingerprint density at radius 2 is 2.00 bits per heavy atom. The smallest absolute Gasteiger partial charge is 0.338 e. The number of methoxy groups -OCH3 is 1. The molecule has 1 atom stereocenters. The van der Waals surface area contributed by atoms with E-state index in [1.54, 1.807) is 30.0 Å². The Morgan fingerprint density at radius 3 is 2.68 bits per heavy atom. The van der Waals surface area contributed by atoms with Crippen molar-refractivity contribution in [2.75, 3.05) is 7.11 Å². The second kappa shape index (κ2) is 7.36. The van der Waals surface area contributed by atoms with E-state index in [-0.39, 0.29) is 5.56 Å². The number of carbonyl (C=O) groups is 1. The van der Waals surface area contributed by atoms with Crippen LogP contribution >= 0.6 is 11.3 Å². The monoisotopic (exact) mass is 391 g/mol. The maximum absolute atomic E-state index is 13.3. The largest absolute Gasteiger partial charge is 0.466 e. The molecule has 0 radical (unpaired) electrons. The number of benzene rings is 1. The number of pyridine rings is 1. The zero-order valence-electron chi connectivity index (χ0n) is 15.3. The van der Waals surface area contributed by atoms with Gasteiger partial charge in [0.2, 0.25) is 0 Å². The summed E-state index contributed by atoms with van der Waals surface area (Å²) in [6.07, 6.45) is 5.16. The van der Waals surface area contributed by atoms with Gasteiger partial charge in [0.25, 0.3) is 5.56 Å². The highest BCUT2D eigenvalue weighted by atomic mass is 32.1. The molecule has 0 spiro atoms. The average molecular weight is 391 g/mol. The molecule has 7 heteroatoms. The van der Waals surface area contributed by atoms with Crippen LogP contribution in [-0.2, 0) is 9.53 Å². The third-order valence-corrected chi connectivity index (χ3v) is 5.51. The van der Waals surface area contributed by atoms with Gasteiger partial charge in [-0.05, 0) is 30.2 Å². The van der Waals surface area contributed by atoms with Crippen molar-refractivity contribution in [3.63, 3.8) is 0 Å². The molecule has 1 aliphatic heterocycles. The summed E-state index contributed by atoms with van der Waals surface area (Å²) >= 11 is 1.29. The van der Waals surface area contributed by atoms with Crippen LogP contribution < -0.4 is 14.9 Å². The summed E-state index contributed by atoms with van der Waals surface area (Å²) in [5, 5.41) is 0. The number of hydrogen-bond acceptors (Lipinski definition) is 6. The Hall–Kier alpha value is -3.32. The maximum atomic E-state index is 13.3. The Kier molecular flexibility index (Phi) is 4.75. The molecule has 3 heterocycles. The first-order valence-corrected chi connectivity index (χ1v) is 9.47. The van der Waals surface area contributed by atoms with Crippen LogP contribution in [-0.4, -0.2) is 22.6 Å². The lowest BCUT2D eigenvalue weighted by Gasteiger charge is -2.24. The normalized spacial score (nSPS) is 16.5. The molecule has 0 amide bonds. The fraction of sp³-hybridized carbons (Fsp3) is 0.143. The SMILES string of the molecule is COC(=O)C1=C(C)N=c2sc(=Cc3cccnc3)c(=O)n2C1c1ccccc1. The number of nitrogens with zero attached hydrogens (tertiary/aromatic N) is 3. The number of thiazole rings is 1. The van der Waals surface area contributed by atoms with E-state index in [1.165, 1.54) is 18.4 Å². The average Bonchev–Trinajstić information content (AvgIpc) is 3.02. The molecule has 1 unspecified atom stereocenters. The summed E-state index contributed by atoms with van der Waals surface area (Å²) < 4.78 is 7.09. The van der Waals surface area contributed by atoms with E-state index in [4.69, 9.17) is 4.74 Å². The Morgan fingerprint density at radius 1 is 1.21 bits per heavy atom. The van der Waals surface area contributed by atoms with Gasteiger partial charge in [-0.1, -0.05) is 47.7 Å². The molecule has 0 N–H and O–H groups in total. The van der Waals surface area contributed by atoms with Crippen LogP contribution in [0.2, 0.25) is 0 Å². The molecule has 0 fully saturated rings. The van der Waals surface area contributed by atoms with Crippen LogP contribution in [0.4, 0.5) is 0 Å². The minimum absolute atomic E-state index is 0.199. The highest BCUT2D eigenvalue weighted by Crippen LogP contribution is 2.30. The second-order valence-electron chi connectivity index (χ2n) is 6.27. The minimum atomic E-state index is -0.582. The number of hydrogen-bond donors (Lipinski definition) is 0. The topological polar surface area (TPSA) is 73.6 Å². The van der Waals surface area contributed by atoms with Crippen LogP contribution in [0.3, 0.4) is 0 Å². The van der Waals surface area contributed by atoms with E-state index >= 15 is 0 Å². The van der Waals surface area contributed by atoms with Gasteiger partial charge >= 0.3 is 5.97 Å². The van der Waals surface area contributed by atoms with Crippen LogP contribution in [0, 0.1) is 0 Å². The van der Waals surface area contributed by atoms with Crippen LogP contribution in [0.5, 0.6) is 0 Å². The molecule has 0 aliphatic carbocycles. The summed E-state index contributed by atoms with van der Waals surface area (Å²) in [6.45, 7) is 1.76. The van der Waals surface area contributed by atoms with Crippen LogP contribution in [0.25, 0.3) is 6.08 Å². The van der Waals surface area contributed by atoms with Crippen molar-refractivity contribution in [1.82, 2.24) is 9.55 Å². The van der Waals surface area contributed by atoms with E-state index in [1.807, 2.05) is 42.5 Å². The maximum Gasteiger partial charge on any atom is 0.338 e. The molecule has 2 aromatic heterocycles. The molecule has 3 aromatic rings. The molecule has 0 bridgehead atoms. The molecular weight excluding hydrogens is 374 g/mol. The zero-order chi connectivity index (χ0) is 19.7. The van der Waals surface area contributed by atoms with Crippen molar-refractivity contribution in [2.24, 2.45) is 4.99 Å². The van der Waals surface area contributed by atoms with Crippen molar-refractivity contribution in [2.45, 2.75) is 13.0 Å². The van der Waals surface area contributed by atoms with Crippen molar-refractivity contribution in [3.05, 3.63) is 96.9 Å². The number of allylic oxidation sites excluding steroid dienone is 1. The van der Waals surface area contributed by atoms with Crippen LogP contribution in [0.15, 0.2) is 75.9 Å². The Balaban J connectivity index is 1.99. The fourth-order valence-corrected chi connectivity index (χ4v) is 4.30. The molecular formula is C21H17N3O3S. The van der Waals surface area contributed by atoms with Crippen molar-refractivity contribution >= 4 is 23.4 Å². The van der Waals surface area contributed by atoms with E-state index in [9.17, 15) is 9.59 Å². The zero-order valence-corrected chi connectivity index (χ0v) is 16.1. The van der Waals surface area contributed by atoms with Crippen LogP contribution in [0.1, 0.15) is 24.1 Å². The summed E-state index contributed by atoms with van der Waals surface area (Å²) in [4.78, 5) is 34.9. The number of ether oxygens (including phenoxy) is 1. The summed E-state index contributed by atoms with van der Waals surface area (Å²) in [6, 6.07) is 12.6. The molecule has 1 aliphatic rings. The lowest BCUT2D eigenvalue weighted by molar-refractivity contribution is -0.136. The number of aromatic nitrogens is 2. The number of fused-ring (bicyclic) bond motifs is 1. The van der Waals surface area contributed by atoms with E-state index in [0.29, 0.717) is 20.6 Å². The van der Waals surface area contributed by atoms with Gasteiger partial charge < -0.3 is 4.74 Å². The molecule has 1 aromatic carbocycles. The van der Waals surface area contributed by atoms with Crippen molar-refractivity contribution < 1.29 is 9.53 Å². The number of carbonyl (C=O) groups excluding carboxylic acids is 1. The summed E-state index contributed by atoms with van der Waals surface area (Å²) in [5.74, 6) is -0.489. The third-order valence-electron chi connectivity index (χ3n) is 4.52.